The van der Waals surface area contributed by atoms with Gasteiger partial charge in [-0.3, -0.25) is 9.78 Å². The first-order valence-corrected chi connectivity index (χ1v) is 11.2. The molecule has 0 aliphatic carbocycles. The molecule has 0 spiro atoms. The van der Waals surface area contributed by atoms with Crippen LogP contribution in [0.2, 0.25) is 0 Å². The van der Waals surface area contributed by atoms with E-state index in [2.05, 4.69) is 10.3 Å². The van der Waals surface area contributed by atoms with E-state index in [-0.39, 0.29) is 23.7 Å². The molecule has 1 unspecified atom stereocenters. The van der Waals surface area contributed by atoms with E-state index >= 15 is 0 Å². The molecular formula is C23H19F3N2O4S. The summed E-state index contributed by atoms with van der Waals surface area (Å²) in [6.45, 7) is -0.126. The number of rotatable bonds is 6. The molecule has 172 valence electrons. The van der Waals surface area contributed by atoms with Crippen LogP contribution in [-0.4, -0.2) is 39.0 Å². The van der Waals surface area contributed by atoms with Gasteiger partial charge in [0.2, 0.25) is 0 Å². The van der Waals surface area contributed by atoms with Crippen LogP contribution in [0.3, 0.4) is 0 Å². The van der Waals surface area contributed by atoms with Crippen molar-refractivity contribution in [2.24, 2.45) is 0 Å². The lowest BCUT2D eigenvalue weighted by Gasteiger charge is -2.25. The average molecular weight is 476 g/mol. The van der Waals surface area contributed by atoms with Crippen LogP contribution >= 0.6 is 11.8 Å². The van der Waals surface area contributed by atoms with E-state index in [9.17, 15) is 27.9 Å². The quantitative estimate of drug-likeness (QED) is 0.544. The normalized spacial score (nSPS) is 18.3. The fraction of sp³-hybridized carbons (Fsp3) is 0.261. The second kappa shape index (κ2) is 8.93. The number of aliphatic carboxylic acids is 1. The van der Waals surface area contributed by atoms with Crippen molar-refractivity contribution >= 4 is 34.4 Å². The van der Waals surface area contributed by atoms with E-state index < -0.39 is 29.3 Å². The highest BCUT2D eigenvalue weighted by atomic mass is 32.2. The topological polar surface area (TPSA) is 88.5 Å². The van der Waals surface area contributed by atoms with Gasteiger partial charge >= 0.3 is 12.1 Å². The zero-order chi connectivity index (χ0) is 23.6. The molecule has 0 radical (unpaired) electrons. The number of carbonyl (C=O) groups excluding carboxylic acids is 1. The molecule has 1 aromatic heterocycles. The number of benzene rings is 2. The zero-order valence-corrected chi connectivity index (χ0v) is 18.0. The molecular weight excluding hydrogens is 457 g/mol. The molecule has 1 fully saturated rings. The molecule has 0 saturated carbocycles. The molecule has 1 atom stereocenters. The fourth-order valence-electron chi connectivity index (χ4n) is 3.58. The van der Waals surface area contributed by atoms with Gasteiger partial charge in [-0.15, -0.1) is 0 Å². The summed E-state index contributed by atoms with van der Waals surface area (Å²) in [5, 5.41) is 13.8. The van der Waals surface area contributed by atoms with Crippen molar-refractivity contribution in [3.63, 3.8) is 0 Å². The Labute approximate surface area is 191 Å². The second-order valence-corrected chi connectivity index (χ2v) is 8.75. The van der Waals surface area contributed by atoms with E-state index in [1.165, 1.54) is 17.8 Å². The highest BCUT2D eigenvalue weighted by molar-refractivity contribution is 7.99. The van der Waals surface area contributed by atoms with Crippen molar-refractivity contribution in [2.75, 3.05) is 11.5 Å². The number of carboxylic acids is 1. The van der Waals surface area contributed by atoms with E-state index in [0.717, 1.165) is 17.6 Å². The number of pyridine rings is 1. The molecule has 2 aromatic carbocycles. The number of thioether (sulfide) groups is 1. The number of halogens is 3. The highest BCUT2D eigenvalue weighted by Gasteiger charge is 2.43. The molecule has 1 saturated heterocycles. The van der Waals surface area contributed by atoms with E-state index in [4.69, 9.17) is 4.74 Å². The number of nitrogens with zero attached hydrogens (tertiary/aromatic N) is 1. The molecule has 1 aliphatic rings. The summed E-state index contributed by atoms with van der Waals surface area (Å²) in [7, 11) is 0. The predicted molar refractivity (Wildman–Crippen MR) is 117 cm³/mol. The van der Waals surface area contributed by atoms with Crippen LogP contribution in [0.5, 0.6) is 5.75 Å². The number of amides is 1. The van der Waals surface area contributed by atoms with Gasteiger partial charge in [-0.25, -0.2) is 4.79 Å². The first-order chi connectivity index (χ1) is 15.7. The molecule has 1 aliphatic heterocycles. The summed E-state index contributed by atoms with van der Waals surface area (Å²) in [5.74, 6) is -0.591. The Kier molecular flexibility index (Phi) is 6.20. The van der Waals surface area contributed by atoms with Gasteiger partial charge in [0.25, 0.3) is 5.91 Å². The standard InChI is InChI=1S/C23H19F3N2O4S/c24-23(25,26)18-8-5-14(11-27-18)12-32-19-16-4-2-1-3-15(16)6-7-17(19)20(29)28-22(21(30)31)9-10-33-13-22/h1-8,11H,9-10,12-13H2,(H,28,29)(H,30,31). The van der Waals surface area contributed by atoms with Gasteiger partial charge < -0.3 is 15.2 Å². The highest BCUT2D eigenvalue weighted by Crippen LogP contribution is 2.33. The van der Waals surface area contributed by atoms with Gasteiger partial charge in [-0.2, -0.15) is 24.9 Å². The molecule has 33 heavy (non-hydrogen) atoms. The number of carbonyl (C=O) groups is 2. The SMILES string of the molecule is O=C(NC1(C(=O)O)CCSC1)c1ccc2ccccc2c1OCc1ccc(C(F)(F)F)nc1. The van der Waals surface area contributed by atoms with Crippen molar-refractivity contribution < 1.29 is 32.6 Å². The number of hydrogen-bond acceptors (Lipinski definition) is 5. The van der Waals surface area contributed by atoms with Crippen LogP contribution in [0.15, 0.2) is 54.7 Å². The third kappa shape index (κ3) is 4.75. The minimum absolute atomic E-state index is 0.126. The minimum atomic E-state index is -4.54. The number of carboxylic acid groups (broad SMARTS) is 1. The number of ether oxygens (including phenoxy) is 1. The lowest BCUT2D eigenvalue weighted by atomic mass is 9.97. The Morgan fingerprint density at radius 2 is 1.94 bits per heavy atom. The molecule has 0 bridgehead atoms. The molecule has 10 heteroatoms. The minimum Gasteiger partial charge on any atom is -0.487 e. The molecule has 6 nitrogen and oxygen atoms in total. The summed E-state index contributed by atoms with van der Waals surface area (Å²) >= 11 is 1.45. The van der Waals surface area contributed by atoms with Crippen LogP contribution in [-0.2, 0) is 17.6 Å². The van der Waals surface area contributed by atoms with Crippen molar-refractivity contribution in [1.29, 1.82) is 0 Å². The smallest absolute Gasteiger partial charge is 0.433 e. The van der Waals surface area contributed by atoms with Crippen LogP contribution in [0.4, 0.5) is 13.2 Å². The van der Waals surface area contributed by atoms with Gasteiger partial charge in [-0.1, -0.05) is 36.4 Å². The Bertz CT molecular complexity index is 1190. The monoisotopic (exact) mass is 476 g/mol. The van der Waals surface area contributed by atoms with Crippen LogP contribution in [0, 0.1) is 0 Å². The maximum atomic E-state index is 13.1. The third-order valence-electron chi connectivity index (χ3n) is 5.41. The van der Waals surface area contributed by atoms with Crippen LogP contribution < -0.4 is 10.1 Å². The Hall–Kier alpha value is -3.27. The largest absolute Gasteiger partial charge is 0.487 e. The summed E-state index contributed by atoms with van der Waals surface area (Å²) in [4.78, 5) is 28.4. The van der Waals surface area contributed by atoms with Crippen LogP contribution in [0.25, 0.3) is 10.8 Å². The molecule has 2 N–H and O–H groups in total. The van der Waals surface area contributed by atoms with Gasteiger partial charge in [0.1, 0.15) is 23.6 Å². The Morgan fingerprint density at radius 3 is 2.58 bits per heavy atom. The van der Waals surface area contributed by atoms with E-state index in [1.807, 2.05) is 12.1 Å². The Morgan fingerprint density at radius 1 is 1.15 bits per heavy atom. The van der Waals surface area contributed by atoms with Crippen LogP contribution in [0.1, 0.15) is 28.0 Å². The Balaban J connectivity index is 1.64. The fourth-order valence-corrected chi connectivity index (χ4v) is 4.91. The number of alkyl halides is 3. The van der Waals surface area contributed by atoms with Crippen molar-refractivity contribution in [1.82, 2.24) is 10.3 Å². The number of fused-ring (bicyclic) bond motifs is 1. The average Bonchev–Trinajstić information content (AvgIpc) is 3.27. The summed E-state index contributed by atoms with van der Waals surface area (Å²) in [5.41, 5.74) is -1.84. The van der Waals surface area contributed by atoms with Gasteiger partial charge in [0.15, 0.2) is 0 Å². The summed E-state index contributed by atoms with van der Waals surface area (Å²) in [6, 6.07) is 12.6. The predicted octanol–water partition coefficient (Wildman–Crippen LogP) is 4.52. The maximum Gasteiger partial charge on any atom is 0.433 e. The zero-order valence-electron chi connectivity index (χ0n) is 17.2. The van der Waals surface area contributed by atoms with E-state index in [0.29, 0.717) is 23.1 Å². The molecule has 4 rings (SSSR count). The molecule has 1 amide bonds. The number of nitrogens with one attached hydrogen (secondary N) is 1. The molecule has 3 aromatic rings. The lowest BCUT2D eigenvalue weighted by Crippen LogP contribution is -2.54. The first-order valence-electron chi connectivity index (χ1n) is 10.00. The third-order valence-corrected chi connectivity index (χ3v) is 6.60. The summed E-state index contributed by atoms with van der Waals surface area (Å²) in [6.07, 6.45) is -3.17. The van der Waals surface area contributed by atoms with E-state index in [1.54, 1.807) is 24.3 Å². The van der Waals surface area contributed by atoms with Crippen molar-refractivity contribution in [3.8, 4) is 5.75 Å². The number of hydrogen-bond donors (Lipinski definition) is 2. The van der Waals surface area contributed by atoms with Gasteiger partial charge in [0, 0.05) is 22.9 Å². The van der Waals surface area contributed by atoms with Crippen molar-refractivity contribution in [3.05, 3.63) is 71.5 Å². The number of aromatic nitrogens is 1. The second-order valence-electron chi connectivity index (χ2n) is 7.65. The lowest BCUT2D eigenvalue weighted by molar-refractivity contribution is -0.143. The maximum absolute atomic E-state index is 13.1. The molecule has 2 heterocycles. The first kappa shape index (κ1) is 22.9. The van der Waals surface area contributed by atoms with Gasteiger partial charge in [-0.05, 0) is 29.7 Å². The summed E-state index contributed by atoms with van der Waals surface area (Å²) < 4.78 is 44.2. The van der Waals surface area contributed by atoms with Crippen molar-refractivity contribution in [2.45, 2.75) is 24.7 Å². The van der Waals surface area contributed by atoms with Gasteiger partial charge in [0.05, 0.1) is 5.56 Å².